The third kappa shape index (κ3) is 4.45. The van der Waals surface area contributed by atoms with E-state index >= 15 is 0 Å². The summed E-state index contributed by atoms with van der Waals surface area (Å²) in [5.41, 5.74) is 5.59. The van der Waals surface area contributed by atoms with Crippen molar-refractivity contribution in [3.05, 3.63) is 58.4 Å². The Kier molecular flexibility index (Phi) is 6.20. The average molecular weight is 400 g/mol. The third-order valence-electron chi connectivity index (χ3n) is 4.30. The number of urea groups is 1. The molecule has 2 amide bonds. The number of nitrogens with two attached hydrogens (primary N) is 1. The van der Waals surface area contributed by atoms with E-state index in [1.165, 1.54) is 6.07 Å². The van der Waals surface area contributed by atoms with Gasteiger partial charge in [0, 0.05) is 17.0 Å². The van der Waals surface area contributed by atoms with Crippen molar-refractivity contribution < 1.29 is 18.7 Å². The molecule has 1 heterocycles. The lowest BCUT2D eigenvalue weighted by Gasteiger charge is -2.16. The van der Waals surface area contributed by atoms with Gasteiger partial charge in [-0.15, -0.1) is 0 Å². The predicted octanol–water partition coefficient (Wildman–Crippen LogP) is 2.78. The van der Waals surface area contributed by atoms with Crippen LogP contribution < -0.4 is 16.7 Å². The maximum Gasteiger partial charge on any atom is 0.336 e. The van der Waals surface area contributed by atoms with Crippen LogP contribution in [0.5, 0.6) is 0 Å². The molecule has 7 nitrogen and oxygen atoms in total. The van der Waals surface area contributed by atoms with Crippen molar-refractivity contribution in [3.63, 3.8) is 0 Å². The van der Waals surface area contributed by atoms with Crippen LogP contribution in [0.2, 0.25) is 0 Å². The van der Waals surface area contributed by atoms with Gasteiger partial charge in [0.2, 0.25) is 0 Å². The second-order valence-electron chi connectivity index (χ2n) is 6.20. The number of fused-ring (bicyclic) bond motifs is 3. The fourth-order valence-electron chi connectivity index (χ4n) is 3.04. The van der Waals surface area contributed by atoms with Crippen LogP contribution in [0, 0.1) is 0 Å². The van der Waals surface area contributed by atoms with Gasteiger partial charge in [-0.2, -0.15) is 11.8 Å². The van der Waals surface area contributed by atoms with Crippen molar-refractivity contribution >= 4 is 45.5 Å². The molecule has 1 aromatic heterocycles. The quantitative estimate of drug-likeness (QED) is 0.358. The van der Waals surface area contributed by atoms with E-state index < -0.39 is 23.7 Å². The zero-order chi connectivity index (χ0) is 20.1. The van der Waals surface area contributed by atoms with Gasteiger partial charge in [0.25, 0.3) is 0 Å². The molecule has 28 heavy (non-hydrogen) atoms. The van der Waals surface area contributed by atoms with Gasteiger partial charge in [-0.3, -0.25) is 0 Å². The Balaban J connectivity index is 1.91. The van der Waals surface area contributed by atoms with Gasteiger partial charge in [0.1, 0.15) is 18.2 Å². The first-order valence-electron chi connectivity index (χ1n) is 8.65. The van der Waals surface area contributed by atoms with E-state index in [1.54, 1.807) is 17.8 Å². The van der Waals surface area contributed by atoms with E-state index in [4.69, 9.17) is 14.9 Å². The Bertz CT molecular complexity index is 1080. The Morgan fingerprint density at radius 3 is 2.79 bits per heavy atom. The Hall–Kier alpha value is -3.00. The van der Waals surface area contributed by atoms with Crippen LogP contribution >= 0.6 is 11.8 Å². The topological polar surface area (TPSA) is 112 Å². The molecule has 3 rings (SSSR count). The maximum atomic E-state index is 12.4. The highest BCUT2D eigenvalue weighted by atomic mass is 32.2. The average Bonchev–Trinajstić information content (AvgIpc) is 2.68. The standard InChI is InChI=1S/C20H20N2O5S/c1-28-9-8-15(22-20(21)25)19(24)26-11-13-10-17(23)27-16-7-6-12-4-2-3-5-14(12)18(13)16/h2-7,10,15H,8-9,11H2,1H3,(H3,21,22,25)/t15-/m0/s1. The number of rotatable bonds is 7. The molecular formula is C20H20N2O5S. The lowest BCUT2D eigenvalue weighted by Crippen LogP contribution is -2.44. The van der Waals surface area contributed by atoms with E-state index in [-0.39, 0.29) is 6.61 Å². The van der Waals surface area contributed by atoms with Gasteiger partial charge in [0.05, 0.1) is 0 Å². The molecule has 1 atom stereocenters. The van der Waals surface area contributed by atoms with Crippen LogP contribution in [0.4, 0.5) is 4.79 Å². The highest BCUT2D eigenvalue weighted by Gasteiger charge is 2.21. The molecule has 0 aliphatic carbocycles. The summed E-state index contributed by atoms with van der Waals surface area (Å²) < 4.78 is 10.7. The molecule has 0 radical (unpaired) electrons. The van der Waals surface area contributed by atoms with E-state index in [1.807, 2.05) is 36.6 Å². The van der Waals surface area contributed by atoms with Crippen molar-refractivity contribution in [2.24, 2.45) is 5.73 Å². The first-order chi connectivity index (χ1) is 13.5. The van der Waals surface area contributed by atoms with E-state index in [0.29, 0.717) is 28.7 Å². The molecule has 0 aliphatic heterocycles. The van der Waals surface area contributed by atoms with Crippen LogP contribution in [0.15, 0.2) is 51.7 Å². The Labute approximate surface area is 165 Å². The van der Waals surface area contributed by atoms with Crippen LogP contribution in [0.3, 0.4) is 0 Å². The first kappa shape index (κ1) is 19.8. The van der Waals surface area contributed by atoms with Crippen molar-refractivity contribution in [1.29, 1.82) is 0 Å². The fraction of sp³-hybridized carbons (Fsp3) is 0.250. The van der Waals surface area contributed by atoms with E-state index in [9.17, 15) is 14.4 Å². The normalized spacial score (nSPS) is 12.0. The van der Waals surface area contributed by atoms with Crippen molar-refractivity contribution in [2.75, 3.05) is 12.0 Å². The number of nitrogens with one attached hydrogen (secondary N) is 1. The largest absolute Gasteiger partial charge is 0.459 e. The number of benzene rings is 2. The fourth-order valence-corrected chi connectivity index (χ4v) is 3.51. The molecule has 2 aromatic carbocycles. The Morgan fingerprint density at radius 1 is 1.25 bits per heavy atom. The van der Waals surface area contributed by atoms with Crippen LogP contribution in [0.1, 0.15) is 12.0 Å². The van der Waals surface area contributed by atoms with E-state index in [2.05, 4.69) is 5.32 Å². The summed E-state index contributed by atoms with van der Waals surface area (Å²) >= 11 is 1.54. The highest BCUT2D eigenvalue weighted by molar-refractivity contribution is 7.98. The molecule has 0 spiro atoms. The number of carbonyl (C=O) groups excluding carboxylic acids is 2. The molecular weight excluding hydrogens is 380 g/mol. The van der Waals surface area contributed by atoms with Gasteiger partial charge in [-0.05, 0) is 35.3 Å². The minimum absolute atomic E-state index is 0.120. The zero-order valence-corrected chi connectivity index (χ0v) is 16.1. The molecule has 0 saturated carbocycles. The monoisotopic (exact) mass is 400 g/mol. The number of esters is 1. The first-order valence-corrected chi connectivity index (χ1v) is 10.0. The smallest absolute Gasteiger partial charge is 0.336 e. The summed E-state index contributed by atoms with van der Waals surface area (Å²) in [7, 11) is 0. The number of hydrogen-bond acceptors (Lipinski definition) is 6. The van der Waals surface area contributed by atoms with Gasteiger partial charge in [0.15, 0.2) is 0 Å². The van der Waals surface area contributed by atoms with Crippen LogP contribution in [-0.4, -0.2) is 30.1 Å². The van der Waals surface area contributed by atoms with Gasteiger partial charge in [-0.25, -0.2) is 14.4 Å². The number of thioether (sulfide) groups is 1. The zero-order valence-electron chi connectivity index (χ0n) is 15.3. The Morgan fingerprint density at radius 2 is 2.04 bits per heavy atom. The summed E-state index contributed by atoms with van der Waals surface area (Å²) in [6.45, 7) is -0.120. The SMILES string of the molecule is CSCC[C@H](NC(N)=O)C(=O)OCc1cc(=O)oc2ccc3ccccc3c12. The minimum atomic E-state index is -0.840. The maximum absolute atomic E-state index is 12.4. The van der Waals surface area contributed by atoms with Crippen molar-refractivity contribution in [3.8, 4) is 0 Å². The molecule has 0 fully saturated rings. The lowest BCUT2D eigenvalue weighted by molar-refractivity contribution is -0.147. The van der Waals surface area contributed by atoms with Crippen LogP contribution in [0.25, 0.3) is 21.7 Å². The van der Waals surface area contributed by atoms with Gasteiger partial charge < -0.3 is 20.2 Å². The summed E-state index contributed by atoms with van der Waals surface area (Å²) in [6.07, 6.45) is 2.29. The number of carbonyl (C=O) groups is 2. The van der Waals surface area contributed by atoms with Crippen molar-refractivity contribution in [1.82, 2.24) is 5.32 Å². The summed E-state index contributed by atoms with van der Waals surface area (Å²) in [4.78, 5) is 35.5. The molecule has 3 N–H and O–H groups in total. The third-order valence-corrected chi connectivity index (χ3v) is 4.94. The summed E-state index contributed by atoms with van der Waals surface area (Å²) in [5.74, 6) is 0.0530. The summed E-state index contributed by atoms with van der Waals surface area (Å²) in [6, 6.07) is 10.9. The molecule has 0 unspecified atom stereocenters. The van der Waals surface area contributed by atoms with Crippen molar-refractivity contribution in [2.45, 2.75) is 19.1 Å². The van der Waals surface area contributed by atoms with Gasteiger partial charge in [-0.1, -0.05) is 30.3 Å². The predicted molar refractivity (Wildman–Crippen MR) is 109 cm³/mol. The molecule has 0 saturated heterocycles. The number of ether oxygens (including phenoxy) is 1. The highest BCUT2D eigenvalue weighted by Crippen LogP contribution is 2.27. The second kappa shape index (κ2) is 8.79. The molecule has 8 heteroatoms. The van der Waals surface area contributed by atoms with Crippen LogP contribution in [-0.2, 0) is 16.1 Å². The minimum Gasteiger partial charge on any atom is -0.459 e. The van der Waals surface area contributed by atoms with E-state index in [0.717, 1.165) is 10.8 Å². The number of hydrogen-bond donors (Lipinski definition) is 2. The molecule has 146 valence electrons. The summed E-state index contributed by atoms with van der Waals surface area (Å²) in [5, 5.41) is 4.99. The molecule has 0 aliphatic rings. The number of primary amides is 1. The molecule has 3 aromatic rings. The lowest BCUT2D eigenvalue weighted by atomic mass is 10.0. The molecule has 0 bridgehead atoms. The number of amides is 2. The second-order valence-corrected chi connectivity index (χ2v) is 7.19. The van der Waals surface area contributed by atoms with Gasteiger partial charge >= 0.3 is 17.6 Å².